The number of ketones is 1. The first-order chi connectivity index (χ1) is 18.5. The lowest BCUT2D eigenvalue weighted by atomic mass is 9.87. The highest BCUT2D eigenvalue weighted by Gasteiger charge is 2.49. The van der Waals surface area contributed by atoms with Gasteiger partial charge in [0.05, 0.1) is 11.5 Å². The van der Waals surface area contributed by atoms with Crippen LogP contribution in [0.15, 0.2) is 66.7 Å². The molecule has 9 nitrogen and oxygen atoms in total. The van der Waals surface area contributed by atoms with Crippen LogP contribution >= 0.6 is 0 Å². The molecule has 2 heterocycles. The van der Waals surface area contributed by atoms with E-state index in [1.165, 1.54) is 0 Å². The Hall–Kier alpha value is -4.66. The molecular formula is C30H27NO8. The smallest absolute Gasteiger partial charge is 0.375 e. The number of fused-ring (bicyclic) bond motifs is 2. The van der Waals surface area contributed by atoms with E-state index in [4.69, 9.17) is 14.2 Å². The molecule has 0 saturated carbocycles. The number of hydrogen-bond acceptors (Lipinski definition) is 7. The number of carbonyl (C=O) groups excluding carboxylic acids is 3. The molecule has 1 amide bonds. The van der Waals surface area contributed by atoms with Gasteiger partial charge in [0.15, 0.2) is 11.5 Å². The molecule has 3 aromatic rings. The highest BCUT2D eigenvalue weighted by Crippen LogP contribution is 2.53. The van der Waals surface area contributed by atoms with Gasteiger partial charge in [0.25, 0.3) is 5.91 Å². The summed E-state index contributed by atoms with van der Waals surface area (Å²) in [6, 6.07) is 19.9. The minimum absolute atomic E-state index is 0.0179. The molecule has 1 atom stereocenters. The van der Waals surface area contributed by atoms with Gasteiger partial charge < -0.3 is 24.6 Å². The summed E-state index contributed by atoms with van der Waals surface area (Å²) >= 11 is 0. The molecule has 0 aromatic heterocycles. The molecular weight excluding hydrogens is 502 g/mol. The minimum Gasteiger partial charge on any atom is -0.481 e. The van der Waals surface area contributed by atoms with Crippen LogP contribution in [0.4, 0.5) is 0 Å². The second-order valence-corrected chi connectivity index (χ2v) is 10.4. The van der Waals surface area contributed by atoms with Crippen LogP contribution in [0.25, 0.3) is 0 Å². The molecule has 0 aliphatic carbocycles. The Bertz CT molecular complexity index is 1430. The lowest BCUT2D eigenvalue weighted by Crippen LogP contribution is -2.37. The van der Waals surface area contributed by atoms with Gasteiger partial charge in [0.2, 0.25) is 5.78 Å². The first-order valence-electron chi connectivity index (χ1n) is 12.5. The Morgan fingerprint density at radius 1 is 1.00 bits per heavy atom. The summed E-state index contributed by atoms with van der Waals surface area (Å²) in [6.45, 7) is 4.96. The van der Waals surface area contributed by atoms with Crippen molar-refractivity contribution in [1.82, 2.24) is 5.32 Å². The monoisotopic (exact) mass is 529 g/mol. The van der Waals surface area contributed by atoms with Gasteiger partial charge in [0, 0.05) is 29.7 Å². The van der Waals surface area contributed by atoms with Gasteiger partial charge in [-0.05, 0) is 32.4 Å². The number of esters is 1. The zero-order valence-electron chi connectivity index (χ0n) is 21.6. The lowest BCUT2D eigenvalue weighted by Gasteiger charge is -2.29. The summed E-state index contributed by atoms with van der Waals surface area (Å²) in [5, 5.41) is 13.0. The molecule has 9 heteroatoms. The number of carboxylic acids is 1. The SMILES string of the molecule is CC(C)(C)OC(=O)C(=O)CC(C(=O)O)c1c2c(cc3c1C(=O)NC3)OC(c1ccccc1)(c1ccccc1)O2. The van der Waals surface area contributed by atoms with Gasteiger partial charge in [-0.25, -0.2) is 4.79 Å². The van der Waals surface area contributed by atoms with Crippen LogP contribution < -0.4 is 14.8 Å². The second-order valence-electron chi connectivity index (χ2n) is 10.4. The molecule has 5 rings (SSSR count). The molecule has 200 valence electrons. The number of carboxylic acid groups (broad SMARTS) is 1. The number of amides is 1. The normalized spacial score (nSPS) is 15.7. The van der Waals surface area contributed by atoms with Gasteiger partial charge in [-0.15, -0.1) is 0 Å². The average molecular weight is 530 g/mol. The van der Waals surface area contributed by atoms with Crippen LogP contribution in [0, 0.1) is 0 Å². The van der Waals surface area contributed by atoms with Crippen molar-refractivity contribution < 1.29 is 38.5 Å². The fourth-order valence-corrected chi connectivity index (χ4v) is 4.85. The number of Topliss-reactive ketones (excluding diaryl/α,β-unsaturated/α-hetero) is 1. The van der Waals surface area contributed by atoms with Crippen LogP contribution in [0.1, 0.15) is 65.7 Å². The van der Waals surface area contributed by atoms with Crippen molar-refractivity contribution in [2.75, 3.05) is 0 Å². The van der Waals surface area contributed by atoms with Crippen LogP contribution in [-0.2, 0) is 31.5 Å². The van der Waals surface area contributed by atoms with Gasteiger partial charge in [0.1, 0.15) is 5.60 Å². The summed E-state index contributed by atoms with van der Waals surface area (Å²) in [5.74, 6) is -6.89. The van der Waals surface area contributed by atoms with Crippen molar-refractivity contribution in [2.24, 2.45) is 0 Å². The van der Waals surface area contributed by atoms with Crippen molar-refractivity contribution in [3.05, 3.63) is 94.5 Å². The zero-order valence-corrected chi connectivity index (χ0v) is 21.6. The van der Waals surface area contributed by atoms with Crippen LogP contribution in [-0.4, -0.2) is 34.3 Å². The summed E-state index contributed by atoms with van der Waals surface area (Å²) in [4.78, 5) is 50.9. The largest absolute Gasteiger partial charge is 0.481 e. The van der Waals surface area contributed by atoms with E-state index < -0.39 is 47.4 Å². The molecule has 0 spiro atoms. The van der Waals surface area contributed by atoms with Crippen molar-refractivity contribution in [1.29, 1.82) is 0 Å². The van der Waals surface area contributed by atoms with Crippen LogP contribution in [0.5, 0.6) is 11.5 Å². The zero-order chi connectivity index (χ0) is 27.9. The Labute approximate surface area is 224 Å². The van der Waals surface area contributed by atoms with E-state index in [1.807, 2.05) is 60.7 Å². The van der Waals surface area contributed by atoms with Crippen LogP contribution in [0.2, 0.25) is 0 Å². The molecule has 2 aliphatic heterocycles. The first kappa shape index (κ1) is 26.0. The van der Waals surface area contributed by atoms with Gasteiger partial charge in [-0.2, -0.15) is 0 Å². The Balaban J connectivity index is 1.66. The summed E-state index contributed by atoms with van der Waals surface area (Å²) in [5.41, 5.74) is 0.918. The molecule has 3 aromatic carbocycles. The molecule has 0 radical (unpaired) electrons. The molecule has 1 unspecified atom stereocenters. The molecule has 2 N–H and O–H groups in total. The maximum Gasteiger partial charge on any atom is 0.375 e. The van der Waals surface area contributed by atoms with E-state index in [0.29, 0.717) is 16.7 Å². The summed E-state index contributed by atoms with van der Waals surface area (Å²) in [6.07, 6.45) is -0.729. The van der Waals surface area contributed by atoms with E-state index in [2.05, 4.69) is 5.32 Å². The standard InChI is InChI=1S/C30H27NO8/c1-29(2,3)39-28(36)21(32)15-20(27(34)35)24-23-17(16-31-26(23)33)14-22-25(24)38-30(37-22,18-10-6-4-7-11-18)19-12-8-5-9-13-19/h4-14,20H,15-16H2,1-3H3,(H,31,33)(H,34,35). The third-order valence-electron chi connectivity index (χ3n) is 6.50. The highest BCUT2D eigenvalue weighted by molar-refractivity contribution is 6.34. The van der Waals surface area contributed by atoms with E-state index in [1.54, 1.807) is 26.8 Å². The topological polar surface area (TPSA) is 128 Å². The summed E-state index contributed by atoms with van der Waals surface area (Å²) in [7, 11) is 0. The predicted molar refractivity (Wildman–Crippen MR) is 138 cm³/mol. The van der Waals surface area contributed by atoms with E-state index in [-0.39, 0.29) is 29.2 Å². The fraction of sp³-hybridized carbons (Fsp3) is 0.267. The van der Waals surface area contributed by atoms with E-state index >= 15 is 0 Å². The van der Waals surface area contributed by atoms with Crippen LogP contribution in [0.3, 0.4) is 0 Å². The van der Waals surface area contributed by atoms with E-state index in [0.717, 1.165) is 0 Å². The third-order valence-corrected chi connectivity index (χ3v) is 6.50. The Kier molecular flexibility index (Phi) is 6.38. The van der Waals surface area contributed by atoms with Crippen molar-refractivity contribution >= 4 is 23.6 Å². The third kappa shape index (κ3) is 4.71. The van der Waals surface area contributed by atoms with Crippen molar-refractivity contribution in [3.8, 4) is 11.5 Å². The lowest BCUT2D eigenvalue weighted by molar-refractivity contribution is -0.163. The predicted octanol–water partition coefficient (Wildman–Crippen LogP) is 4.07. The molecule has 2 aliphatic rings. The van der Waals surface area contributed by atoms with Gasteiger partial charge in [-0.1, -0.05) is 60.7 Å². The second kappa shape index (κ2) is 9.58. The number of nitrogens with one attached hydrogen (secondary N) is 1. The number of benzene rings is 3. The quantitative estimate of drug-likeness (QED) is 0.346. The number of carbonyl (C=O) groups is 4. The number of aliphatic carboxylic acids is 1. The number of rotatable bonds is 7. The molecule has 0 saturated heterocycles. The molecule has 0 bridgehead atoms. The van der Waals surface area contributed by atoms with E-state index in [9.17, 15) is 24.3 Å². The maximum absolute atomic E-state index is 12.9. The Morgan fingerprint density at radius 2 is 1.59 bits per heavy atom. The summed E-state index contributed by atoms with van der Waals surface area (Å²) < 4.78 is 18.2. The van der Waals surface area contributed by atoms with Gasteiger partial charge in [-0.3, -0.25) is 14.4 Å². The van der Waals surface area contributed by atoms with Crippen molar-refractivity contribution in [3.63, 3.8) is 0 Å². The minimum atomic E-state index is -1.58. The highest BCUT2D eigenvalue weighted by atomic mass is 16.7. The average Bonchev–Trinajstić information content (AvgIpc) is 3.47. The fourth-order valence-electron chi connectivity index (χ4n) is 4.85. The van der Waals surface area contributed by atoms with Crippen molar-refractivity contribution in [2.45, 2.75) is 51.0 Å². The Morgan fingerprint density at radius 3 is 2.13 bits per heavy atom. The molecule has 0 fully saturated rings. The van der Waals surface area contributed by atoms with Gasteiger partial charge >= 0.3 is 17.7 Å². The molecule has 39 heavy (non-hydrogen) atoms. The maximum atomic E-state index is 12.9. The number of hydrogen-bond donors (Lipinski definition) is 2. The first-order valence-corrected chi connectivity index (χ1v) is 12.5. The number of ether oxygens (including phenoxy) is 3.